The summed E-state index contributed by atoms with van der Waals surface area (Å²) in [4.78, 5) is 4.20. The first-order valence-corrected chi connectivity index (χ1v) is 6.01. The number of para-hydroxylation sites is 1. The van der Waals surface area contributed by atoms with E-state index in [-0.39, 0.29) is 6.04 Å². The first-order chi connectivity index (χ1) is 9.26. The van der Waals surface area contributed by atoms with Crippen LogP contribution in [-0.2, 0) is 0 Å². The Morgan fingerprint density at radius 3 is 2.79 bits per heavy atom. The van der Waals surface area contributed by atoms with Gasteiger partial charge < -0.3 is 10.1 Å². The van der Waals surface area contributed by atoms with Gasteiger partial charge in [0.2, 0.25) is 0 Å². The van der Waals surface area contributed by atoms with Gasteiger partial charge in [-0.05, 0) is 25.1 Å². The zero-order valence-corrected chi connectivity index (χ0v) is 10.9. The fourth-order valence-electron chi connectivity index (χ4n) is 1.92. The Labute approximate surface area is 112 Å². The Morgan fingerprint density at radius 2 is 2.05 bits per heavy atom. The van der Waals surface area contributed by atoms with E-state index in [1.54, 1.807) is 25.4 Å². The van der Waals surface area contributed by atoms with Crippen molar-refractivity contribution < 1.29 is 4.74 Å². The summed E-state index contributed by atoms with van der Waals surface area (Å²) < 4.78 is 5.34. The molecule has 0 saturated carbocycles. The lowest BCUT2D eigenvalue weighted by atomic mass is 10.1. The highest BCUT2D eigenvalue weighted by molar-refractivity contribution is 5.53. The fraction of sp³-hybridized carbons (Fsp3) is 0.200. The highest BCUT2D eigenvalue weighted by Gasteiger charge is 2.12. The largest absolute Gasteiger partial charge is 0.496 e. The van der Waals surface area contributed by atoms with E-state index in [4.69, 9.17) is 10.00 Å². The predicted octanol–water partition coefficient (Wildman–Crippen LogP) is 3.13. The molecule has 1 heterocycles. The fourth-order valence-corrected chi connectivity index (χ4v) is 1.92. The molecule has 1 aromatic carbocycles. The quantitative estimate of drug-likeness (QED) is 0.909. The Kier molecular flexibility index (Phi) is 3.99. The molecule has 96 valence electrons. The van der Waals surface area contributed by atoms with E-state index in [0.29, 0.717) is 11.4 Å². The normalized spacial score (nSPS) is 11.4. The van der Waals surface area contributed by atoms with Crippen molar-refractivity contribution >= 4 is 5.82 Å². The number of ether oxygens (including phenoxy) is 1. The zero-order valence-electron chi connectivity index (χ0n) is 10.9. The van der Waals surface area contributed by atoms with Crippen LogP contribution in [0.25, 0.3) is 0 Å². The second-order valence-corrected chi connectivity index (χ2v) is 4.12. The Balaban J connectivity index is 2.26. The minimum Gasteiger partial charge on any atom is -0.496 e. The monoisotopic (exact) mass is 253 g/mol. The number of pyridine rings is 1. The van der Waals surface area contributed by atoms with Crippen LogP contribution in [0.4, 0.5) is 5.82 Å². The van der Waals surface area contributed by atoms with Gasteiger partial charge in [-0.2, -0.15) is 5.26 Å². The van der Waals surface area contributed by atoms with E-state index in [1.165, 1.54) is 0 Å². The number of benzene rings is 1. The maximum absolute atomic E-state index is 9.05. The van der Waals surface area contributed by atoms with Crippen molar-refractivity contribution in [3.63, 3.8) is 0 Å². The van der Waals surface area contributed by atoms with E-state index in [2.05, 4.69) is 16.4 Å². The van der Waals surface area contributed by atoms with Gasteiger partial charge >= 0.3 is 0 Å². The van der Waals surface area contributed by atoms with Crippen LogP contribution in [0.1, 0.15) is 24.1 Å². The molecule has 0 aliphatic rings. The summed E-state index contributed by atoms with van der Waals surface area (Å²) in [5.74, 6) is 1.40. The second kappa shape index (κ2) is 5.87. The number of nitrogens with zero attached hydrogens (tertiary/aromatic N) is 2. The predicted molar refractivity (Wildman–Crippen MR) is 74.0 cm³/mol. The molecule has 2 rings (SSSR count). The van der Waals surface area contributed by atoms with Crippen molar-refractivity contribution in [3.05, 3.63) is 53.7 Å². The first kappa shape index (κ1) is 12.9. The molecule has 0 amide bonds. The van der Waals surface area contributed by atoms with Crippen LogP contribution in [0.15, 0.2) is 42.6 Å². The molecule has 4 heteroatoms. The maximum atomic E-state index is 9.05. The molecule has 1 N–H and O–H groups in total. The van der Waals surface area contributed by atoms with E-state index >= 15 is 0 Å². The summed E-state index contributed by atoms with van der Waals surface area (Å²) in [7, 11) is 1.65. The van der Waals surface area contributed by atoms with Crippen molar-refractivity contribution in [2.24, 2.45) is 0 Å². The summed E-state index contributed by atoms with van der Waals surface area (Å²) in [6.45, 7) is 2.01. The van der Waals surface area contributed by atoms with Crippen LogP contribution in [0.5, 0.6) is 5.75 Å². The summed E-state index contributed by atoms with van der Waals surface area (Å²) in [6, 6.07) is 13.4. The highest BCUT2D eigenvalue weighted by Crippen LogP contribution is 2.27. The molecular weight excluding hydrogens is 238 g/mol. The van der Waals surface area contributed by atoms with Crippen LogP contribution < -0.4 is 10.1 Å². The molecule has 0 bridgehead atoms. The van der Waals surface area contributed by atoms with Crippen LogP contribution in [-0.4, -0.2) is 12.1 Å². The number of anilines is 1. The molecule has 0 radical (unpaired) electrons. The molecule has 0 spiro atoms. The molecule has 4 nitrogen and oxygen atoms in total. The number of hydrogen-bond donors (Lipinski definition) is 1. The topological polar surface area (TPSA) is 57.9 Å². The molecule has 0 fully saturated rings. The lowest BCUT2D eigenvalue weighted by molar-refractivity contribution is 0.408. The van der Waals surface area contributed by atoms with Crippen molar-refractivity contribution in [1.29, 1.82) is 5.26 Å². The highest BCUT2D eigenvalue weighted by atomic mass is 16.5. The lowest BCUT2D eigenvalue weighted by Gasteiger charge is -2.18. The maximum Gasteiger partial charge on any atom is 0.144 e. The third kappa shape index (κ3) is 2.83. The summed E-state index contributed by atoms with van der Waals surface area (Å²) in [6.07, 6.45) is 1.66. The molecule has 1 aromatic heterocycles. The number of aromatic nitrogens is 1. The smallest absolute Gasteiger partial charge is 0.144 e. The Morgan fingerprint density at radius 1 is 1.26 bits per heavy atom. The Hall–Kier alpha value is -2.54. The van der Waals surface area contributed by atoms with Crippen LogP contribution >= 0.6 is 0 Å². The standard InChI is InChI=1S/C15H15N3O/c1-11(13-7-3-4-8-14(13)19-2)18-15-12(10-16)6-5-9-17-15/h3-9,11H,1-2H3,(H,17,18)/t11-/m1/s1. The molecule has 0 saturated heterocycles. The third-order valence-electron chi connectivity index (χ3n) is 2.89. The third-order valence-corrected chi connectivity index (χ3v) is 2.89. The number of methoxy groups -OCH3 is 1. The number of nitrogens with one attached hydrogen (secondary N) is 1. The van der Waals surface area contributed by atoms with Gasteiger partial charge in [0.05, 0.1) is 18.7 Å². The van der Waals surface area contributed by atoms with Crippen LogP contribution in [0.3, 0.4) is 0 Å². The van der Waals surface area contributed by atoms with Gasteiger partial charge in [0, 0.05) is 11.8 Å². The first-order valence-electron chi connectivity index (χ1n) is 6.01. The minimum atomic E-state index is -0.00171. The summed E-state index contributed by atoms with van der Waals surface area (Å²) in [5.41, 5.74) is 1.56. The average molecular weight is 253 g/mol. The molecule has 19 heavy (non-hydrogen) atoms. The molecule has 0 unspecified atom stereocenters. The summed E-state index contributed by atoms with van der Waals surface area (Å²) in [5, 5.41) is 12.3. The molecule has 1 atom stereocenters. The van der Waals surface area contributed by atoms with E-state index in [9.17, 15) is 0 Å². The summed E-state index contributed by atoms with van der Waals surface area (Å²) >= 11 is 0. The van der Waals surface area contributed by atoms with Crippen molar-refractivity contribution in [3.8, 4) is 11.8 Å². The lowest BCUT2D eigenvalue weighted by Crippen LogP contribution is -2.10. The number of rotatable bonds is 4. The number of nitriles is 1. The van der Waals surface area contributed by atoms with Crippen LogP contribution in [0, 0.1) is 11.3 Å². The van der Waals surface area contributed by atoms with E-state index < -0.39 is 0 Å². The molecule has 0 aliphatic carbocycles. The number of hydrogen-bond acceptors (Lipinski definition) is 4. The molecular formula is C15H15N3O. The van der Waals surface area contributed by atoms with Crippen molar-refractivity contribution in [1.82, 2.24) is 4.98 Å². The van der Waals surface area contributed by atoms with Crippen LogP contribution in [0.2, 0.25) is 0 Å². The van der Waals surface area contributed by atoms with Gasteiger partial charge in [-0.15, -0.1) is 0 Å². The van der Waals surface area contributed by atoms with Gasteiger partial charge in [0.15, 0.2) is 0 Å². The molecule has 0 aliphatic heterocycles. The Bertz CT molecular complexity index is 604. The van der Waals surface area contributed by atoms with Gasteiger partial charge in [-0.1, -0.05) is 18.2 Å². The van der Waals surface area contributed by atoms with Gasteiger partial charge in [0.25, 0.3) is 0 Å². The SMILES string of the molecule is COc1ccccc1[C@@H](C)Nc1ncccc1C#N. The van der Waals surface area contributed by atoms with E-state index in [0.717, 1.165) is 11.3 Å². The minimum absolute atomic E-state index is 0.00171. The van der Waals surface area contributed by atoms with E-state index in [1.807, 2.05) is 31.2 Å². The van der Waals surface area contributed by atoms with Gasteiger partial charge in [0.1, 0.15) is 17.6 Å². The van der Waals surface area contributed by atoms with Gasteiger partial charge in [-0.25, -0.2) is 4.98 Å². The molecule has 2 aromatic rings. The zero-order chi connectivity index (χ0) is 13.7. The van der Waals surface area contributed by atoms with Crippen molar-refractivity contribution in [2.45, 2.75) is 13.0 Å². The average Bonchev–Trinajstić information content (AvgIpc) is 2.47. The second-order valence-electron chi connectivity index (χ2n) is 4.12. The van der Waals surface area contributed by atoms with Gasteiger partial charge in [-0.3, -0.25) is 0 Å². The van der Waals surface area contributed by atoms with Crippen molar-refractivity contribution in [2.75, 3.05) is 12.4 Å².